The van der Waals surface area contributed by atoms with E-state index in [1.807, 2.05) is 30.3 Å². The van der Waals surface area contributed by atoms with Gasteiger partial charge in [-0.3, -0.25) is 0 Å². The van der Waals surface area contributed by atoms with Crippen LogP contribution in [0.2, 0.25) is 0 Å². The summed E-state index contributed by atoms with van der Waals surface area (Å²) in [6.07, 6.45) is 3.33. The number of phenolic OH excluding ortho intramolecular Hbond substituents is 1. The molecule has 1 N–H and O–H groups in total. The molecule has 0 aliphatic rings. The molecule has 4 aromatic carbocycles. The highest BCUT2D eigenvalue weighted by Crippen LogP contribution is 2.27. The van der Waals surface area contributed by atoms with E-state index >= 15 is 0 Å². The molecule has 0 aliphatic carbocycles. The van der Waals surface area contributed by atoms with Crippen molar-refractivity contribution in [2.24, 2.45) is 10.2 Å². The molecule has 4 aromatic rings. The Kier molecular flexibility index (Phi) is 3.97. The van der Waals surface area contributed by atoms with Crippen molar-refractivity contribution in [2.45, 2.75) is 0 Å². The van der Waals surface area contributed by atoms with Crippen LogP contribution in [0.15, 0.2) is 89.1 Å². The summed E-state index contributed by atoms with van der Waals surface area (Å²) in [5, 5.41) is 22.7. The van der Waals surface area contributed by atoms with Crippen molar-refractivity contribution >= 4 is 34.0 Å². The highest BCUT2D eigenvalue weighted by Gasteiger charge is 2.05. The molecule has 3 heteroatoms. The Morgan fingerprint density at radius 2 is 1.20 bits per heavy atom. The monoisotopic (exact) mass is 324 g/mol. The number of benzene rings is 4. The van der Waals surface area contributed by atoms with Crippen LogP contribution in [0.3, 0.4) is 0 Å². The standard InChI is InChI=1S/C22H16N2O/c25-22-12-6-3-9-18(22)14-23-24-15-21-19-10-4-1-7-16(19)13-17-8-2-5-11-20(17)21/h1-15,25H. The maximum atomic E-state index is 9.77. The highest BCUT2D eigenvalue weighted by atomic mass is 16.3. The van der Waals surface area contributed by atoms with E-state index in [2.05, 4.69) is 40.5 Å². The van der Waals surface area contributed by atoms with Gasteiger partial charge in [0.15, 0.2) is 0 Å². The number of aromatic hydroxyl groups is 1. The van der Waals surface area contributed by atoms with Crippen LogP contribution in [-0.2, 0) is 0 Å². The molecule has 0 radical (unpaired) electrons. The second kappa shape index (κ2) is 6.57. The first-order valence-corrected chi connectivity index (χ1v) is 8.08. The van der Waals surface area contributed by atoms with Gasteiger partial charge in [0.1, 0.15) is 5.75 Å². The van der Waals surface area contributed by atoms with Gasteiger partial charge in [-0.05, 0) is 39.7 Å². The summed E-state index contributed by atoms with van der Waals surface area (Å²) >= 11 is 0. The zero-order valence-electron chi connectivity index (χ0n) is 13.5. The van der Waals surface area contributed by atoms with Crippen molar-refractivity contribution in [1.82, 2.24) is 0 Å². The Balaban J connectivity index is 1.78. The molecule has 4 rings (SSSR count). The normalized spacial score (nSPS) is 11.8. The molecule has 0 fully saturated rings. The average molecular weight is 324 g/mol. The van der Waals surface area contributed by atoms with Gasteiger partial charge >= 0.3 is 0 Å². The third kappa shape index (κ3) is 3.00. The minimum Gasteiger partial charge on any atom is -0.507 e. The number of rotatable bonds is 3. The summed E-state index contributed by atoms with van der Waals surface area (Å²) in [5.74, 6) is 0.192. The number of phenols is 1. The molecule has 0 aliphatic heterocycles. The average Bonchev–Trinajstić information content (AvgIpc) is 2.65. The van der Waals surface area contributed by atoms with E-state index in [0.717, 1.165) is 16.3 Å². The van der Waals surface area contributed by atoms with E-state index in [0.29, 0.717) is 5.56 Å². The SMILES string of the molecule is Oc1ccccc1C=NN=Cc1c2ccccc2cc2ccccc12. The second-order valence-electron chi connectivity index (χ2n) is 5.78. The molecule has 0 unspecified atom stereocenters. The third-order valence-electron chi connectivity index (χ3n) is 4.20. The van der Waals surface area contributed by atoms with Crippen molar-refractivity contribution < 1.29 is 5.11 Å². The molecule has 120 valence electrons. The lowest BCUT2D eigenvalue weighted by Crippen LogP contribution is -1.88. The molecule has 25 heavy (non-hydrogen) atoms. The Morgan fingerprint density at radius 1 is 0.640 bits per heavy atom. The smallest absolute Gasteiger partial charge is 0.124 e. The van der Waals surface area contributed by atoms with Crippen molar-refractivity contribution in [3.8, 4) is 5.75 Å². The lowest BCUT2D eigenvalue weighted by atomic mass is 9.97. The number of hydrogen-bond acceptors (Lipinski definition) is 3. The first-order chi connectivity index (χ1) is 12.3. The molecule has 0 heterocycles. The van der Waals surface area contributed by atoms with Gasteiger partial charge in [-0.15, -0.1) is 0 Å². The second-order valence-corrected chi connectivity index (χ2v) is 5.78. The van der Waals surface area contributed by atoms with Crippen LogP contribution in [0, 0.1) is 0 Å². The molecule has 3 nitrogen and oxygen atoms in total. The van der Waals surface area contributed by atoms with Crippen molar-refractivity contribution in [2.75, 3.05) is 0 Å². The Hall–Kier alpha value is -3.46. The quantitative estimate of drug-likeness (QED) is 0.316. The molecular formula is C22H16N2O. The Morgan fingerprint density at radius 3 is 1.88 bits per heavy atom. The predicted octanol–water partition coefficient (Wildman–Crippen LogP) is 5.15. The van der Waals surface area contributed by atoms with Crippen molar-refractivity contribution in [3.63, 3.8) is 0 Å². The van der Waals surface area contributed by atoms with Gasteiger partial charge in [-0.25, -0.2) is 0 Å². The number of hydrogen-bond donors (Lipinski definition) is 1. The van der Waals surface area contributed by atoms with Crippen LogP contribution < -0.4 is 0 Å². The van der Waals surface area contributed by atoms with E-state index in [-0.39, 0.29) is 5.75 Å². The van der Waals surface area contributed by atoms with E-state index in [4.69, 9.17) is 0 Å². The predicted molar refractivity (Wildman–Crippen MR) is 105 cm³/mol. The van der Waals surface area contributed by atoms with Gasteiger partial charge in [0.2, 0.25) is 0 Å². The third-order valence-corrected chi connectivity index (χ3v) is 4.20. The number of nitrogens with zero attached hydrogens (tertiary/aromatic N) is 2. The van der Waals surface area contributed by atoms with E-state index < -0.39 is 0 Å². The largest absolute Gasteiger partial charge is 0.507 e. The van der Waals surface area contributed by atoms with Crippen molar-refractivity contribution in [1.29, 1.82) is 0 Å². The van der Waals surface area contributed by atoms with Crippen LogP contribution >= 0.6 is 0 Å². The minimum absolute atomic E-state index is 0.192. The summed E-state index contributed by atoms with van der Waals surface area (Å²) < 4.78 is 0. The van der Waals surface area contributed by atoms with Gasteiger partial charge in [-0.1, -0.05) is 60.7 Å². The van der Waals surface area contributed by atoms with E-state index in [1.165, 1.54) is 10.8 Å². The van der Waals surface area contributed by atoms with Gasteiger partial charge in [-0.2, -0.15) is 10.2 Å². The molecule has 0 saturated carbocycles. The zero-order valence-corrected chi connectivity index (χ0v) is 13.5. The fourth-order valence-electron chi connectivity index (χ4n) is 2.97. The minimum atomic E-state index is 0.192. The van der Waals surface area contributed by atoms with Crippen molar-refractivity contribution in [3.05, 3.63) is 90.0 Å². The summed E-state index contributed by atoms with van der Waals surface area (Å²) in [5.41, 5.74) is 1.69. The fourth-order valence-corrected chi connectivity index (χ4v) is 2.97. The van der Waals surface area contributed by atoms with Gasteiger partial charge in [0.05, 0.1) is 12.4 Å². The summed E-state index contributed by atoms with van der Waals surface area (Å²) in [4.78, 5) is 0. The highest BCUT2D eigenvalue weighted by molar-refractivity contribution is 6.13. The molecule has 0 bridgehead atoms. The molecule has 0 aromatic heterocycles. The van der Waals surface area contributed by atoms with Gasteiger partial charge < -0.3 is 5.11 Å². The molecule has 0 amide bonds. The molecule has 0 saturated heterocycles. The number of para-hydroxylation sites is 1. The summed E-state index contributed by atoms with van der Waals surface area (Å²) in [6, 6.07) is 25.8. The summed E-state index contributed by atoms with van der Waals surface area (Å²) in [6.45, 7) is 0. The molecule has 0 spiro atoms. The van der Waals surface area contributed by atoms with Gasteiger partial charge in [0.25, 0.3) is 0 Å². The van der Waals surface area contributed by atoms with E-state index in [9.17, 15) is 5.11 Å². The first kappa shape index (κ1) is 15.1. The van der Waals surface area contributed by atoms with E-state index in [1.54, 1.807) is 30.6 Å². The summed E-state index contributed by atoms with van der Waals surface area (Å²) in [7, 11) is 0. The maximum absolute atomic E-state index is 9.77. The Bertz CT molecular complexity index is 1060. The zero-order chi connectivity index (χ0) is 17.1. The van der Waals surface area contributed by atoms with Crippen LogP contribution in [0.25, 0.3) is 21.5 Å². The lowest BCUT2D eigenvalue weighted by Gasteiger charge is -2.07. The maximum Gasteiger partial charge on any atom is 0.124 e. The van der Waals surface area contributed by atoms with Crippen LogP contribution in [-0.4, -0.2) is 17.5 Å². The van der Waals surface area contributed by atoms with Crippen LogP contribution in [0.5, 0.6) is 5.75 Å². The molecular weight excluding hydrogens is 308 g/mol. The van der Waals surface area contributed by atoms with Crippen LogP contribution in [0.1, 0.15) is 11.1 Å². The number of fused-ring (bicyclic) bond motifs is 2. The van der Waals surface area contributed by atoms with Gasteiger partial charge in [0, 0.05) is 11.1 Å². The Labute approximate surface area is 145 Å². The first-order valence-electron chi connectivity index (χ1n) is 8.08. The fraction of sp³-hybridized carbons (Fsp3) is 0. The van der Waals surface area contributed by atoms with Crippen LogP contribution in [0.4, 0.5) is 0 Å². The topological polar surface area (TPSA) is 45.0 Å². The molecule has 0 atom stereocenters. The lowest BCUT2D eigenvalue weighted by molar-refractivity contribution is 0.474.